The summed E-state index contributed by atoms with van der Waals surface area (Å²) in [5, 5.41) is 10.8. The summed E-state index contributed by atoms with van der Waals surface area (Å²) in [6, 6.07) is 17.1. The highest BCUT2D eigenvalue weighted by molar-refractivity contribution is 5.82. The predicted octanol–water partition coefficient (Wildman–Crippen LogP) is 2.83. The molecule has 0 bridgehead atoms. The van der Waals surface area contributed by atoms with Gasteiger partial charge in [-0.1, -0.05) is 47.7 Å². The summed E-state index contributed by atoms with van der Waals surface area (Å²) in [5.74, 6) is -0.165. The van der Waals surface area contributed by atoms with Crippen LogP contribution < -0.4 is 5.32 Å². The van der Waals surface area contributed by atoms with Crippen molar-refractivity contribution in [3.63, 3.8) is 0 Å². The fourth-order valence-corrected chi connectivity index (χ4v) is 2.66. The van der Waals surface area contributed by atoms with E-state index < -0.39 is 6.10 Å². The molecule has 1 heterocycles. The van der Waals surface area contributed by atoms with E-state index in [9.17, 15) is 4.79 Å². The molecule has 0 aliphatic rings. The van der Waals surface area contributed by atoms with Gasteiger partial charge >= 0.3 is 0 Å². The van der Waals surface area contributed by atoms with Gasteiger partial charge in [0.05, 0.1) is 24.1 Å². The SMILES string of the molecule is CO[C@@H](C(=O)N[C@@H](C)c1ccc(-n2ccnn2)cc1)c1ccccc1. The lowest BCUT2D eigenvalue weighted by Crippen LogP contribution is -2.32. The Balaban J connectivity index is 1.68. The Kier molecular flexibility index (Phi) is 5.20. The third-order valence-electron chi connectivity index (χ3n) is 4.02. The highest BCUT2D eigenvalue weighted by Crippen LogP contribution is 2.20. The van der Waals surface area contributed by atoms with Crippen molar-refractivity contribution in [2.24, 2.45) is 0 Å². The number of carbonyl (C=O) groups excluding carboxylic acids is 1. The first-order valence-electron chi connectivity index (χ1n) is 8.04. The average molecular weight is 336 g/mol. The highest BCUT2D eigenvalue weighted by atomic mass is 16.5. The van der Waals surface area contributed by atoms with E-state index in [4.69, 9.17) is 4.74 Å². The van der Waals surface area contributed by atoms with E-state index in [2.05, 4.69) is 15.6 Å². The van der Waals surface area contributed by atoms with Gasteiger partial charge in [-0.15, -0.1) is 5.10 Å². The van der Waals surface area contributed by atoms with Gasteiger partial charge in [0.15, 0.2) is 6.10 Å². The Bertz CT molecular complexity index is 801. The lowest BCUT2D eigenvalue weighted by Gasteiger charge is -2.20. The number of hydrogen-bond acceptors (Lipinski definition) is 4. The van der Waals surface area contributed by atoms with Crippen LogP contribution in [0.2, 0.25) is 0 Å². The van der Waals surface area contributed by atoms with Crippen LogP contribution >= 0.6 is 0 Å². The maximum Gasteiger partial charge on any atom is 0.254 e. The van der Waals surface area contributed by atoms with Crippen molar-refractivity contribution in [2.75, 3.05) is 7.11 Å². The van der Waals surface area contributed by atoms with Crippen LogP contribution in [-0.4, -0.2) is 28.0 Å². The third kappa shape index (κ3) is 3.92. The number of hydrogen-bond donors (Lipinski definition) is 1. The van der Waals surface area contributed by atoms with Crippen molar-refractivity contribution >= 4 is 5.91 Å². The summed E-state index contributed by atoms with van der Waals surface area (Å²) in [7, 11) is 1.54. The van der Waals surface area contributed by atoms with E-state index in [1.54, 1.807) is 17.1 Å². The van der Waals surface area contributed by atoms with E-state index in [1.165, 1.54) is 7.11 Å². The van der Waals surface area contributed by atoms with Crippen LogP contribution in [0.1, 0.15) is 30.2 Å². The molecule has 128 valence electrons. The average Bonchev–Trinajstić information content (AvgIpc) is 3.18. The molecule has 0 saturated heterocycles. The van der Waals surface area contributed by atoms with E-state index in [1.807, 2.05) is 61.5 Å². The molecule has 0 aliphatic heterocycles. The Morgan fingerprint density at radius 1 is 1.08 bits per heavy atom. The molecule has 3 aromatic rings. The summed E-state index contributed by atoms with van der Waals surface area (Å²) >= 11 is 0. The quantitative estimate of drug-likeness (QED) is 0.751. The number of carbonyl (C=O) groups is 1. The van der Waals surface area contributed by atoms with E-state index in [-0.39, 0.29) is 11.9 Å². The lowest BCUT2D eigenvalue weighted by molar-refractivity contribution is -0.132. The standard InChI is InChI=1S/C19H20N4O2/c1-14(15-8-10-17(11-9-15)23-13-12-20-22-23)21-19(24)18(25-2)16-6-4-3-5-7-16/h3-14,18H,1-2H3,(H,21,24)/t14-,18+/m0/s1. The van der Waals surface area contributed by atoms with Crippen LogP contribution in [-0.2, 0) is 9.53 Å². The van der Waals surface area contributed by atoms with Crippen molar-refractivity contribution in [1.82, 2.24) is 20.3 Å². The van der Waals surface area contributed by atoms with Crippen LogP contribution in [0.4, 0.5) is 0 Å². The normalized spacial score (nSPS) is 13.2. The molecule has 3 rings (SSSR count). The maximum atomic E-state index is 12.6. The second-order valence-electron chi connectivity index (χ2n) is 5.70. The molecule has 2 aromatic carbocycles. The molecule has 0 radical (unpaired) electrons. The van der Waals surface area contributed by atoms with Crippen LogP contribution in [0.15, 0.2) is 67.0 Å². The largest absolute Gasteiger partial charge is 0.367 e. The predicted molar refractivity (Wildman–Crippen MR) is 94.1 cm³/mol. The van der Waals surface area contributed by atoms with E-state index in [0.717, 1.165) is 16.8 Å². The van der Waals surface area contributed by atoms with Crippen LogP contribution in [0, 0.1) is 0 Å². The van der Waals surface area contributed by atoms with Crippen molar-refractivity contribution < 1.29 is 9.53 Å². The molecule has 0 saturated carbocycles. The van der Waals surface area contributed by atoms with Gasteiger partial charge in [-0.3, -0.25) is 4.79 Å². The van der Waals surface area contributed by atoms with Gasteiger partial charge in [0.2, 0.25) is 0 Å². The molecule has 1 N–H and O–H groups in total. The Hall–Kier alpha value is -2.99. The minimum absolute atomic E-state index is 0.140. The van der Waals surface area contributed by atoms with Crippen LogP contribution in [0.25, 0.3) is 5.69 Å². The highest BCUT2D eigenvalue weighted by Gasteiger charge is 2.21. The number of nitrogens with one attached hydrogen (secondary N) is 1. The summed E-state index contributed by atoms with van der Waals surface area (Å²) in [6.45, 7) is 1.94. The first-order valence-corrected chi connectivity index (χ1v) is 8.04. The van der Waals surface area contributed by atoms with Crippen LogP contribution in [0.3, 0.4) is 0 Å². The molecule has 0 unspecified atom stereocenters. The van der Waals surface area contributed by atoms with Gasteiger partial charge in [-0.2, -0.15) is 0 Å². The minimum atomic E-state index is -0.627. The zero-order chi connectivity index (χ0) is 17.6. The molecule has 0 fully saturated rings. The smallest absolute Gasteiger partial charge is 0.254 e. The topological polar surface area (TPSA) is 69.0 Å². The second-order valence-corrected chi connectivity index (χ2v) is 5.70. The van der Waals surface area contributed by atoms with Gasteiger partial charge in [-0.05, 0) is 30.2 Å². The number of ether oxygens (including phenoxy) is 1. The number of amides is 1. The summed E-state index contributed by atoms with van der Waals surface area (Å²) < 4.78 is 7.06. The zero-order valence-electron chi connectivity index (χ0n) is 14.2. The molecular formula is C19H20N4O2. The molecular weight excluding hydrogens is 316 g/mol. The molecule has 25 heavy (non-hydrogen) atoms. The first kappa shape index (κ1) is 16.9. The summed E-state index contributed by atoms with van der Waals surface area (Å²) in [5.41, 5.74) is 2.75. The molecule has 1 amide bonds. The molecule has 0 spiro atoms. The zero-order valence-corrected chi connectivity index (χ0v) is 14.2. The number of methoxy groups -OCH3 is 1. The Morgan fingerprint density at radius 3 is 2.40 bits per heavy atom. The first-order chi connectivity index (χ1) is 12.2. The molecule has 6 nitrogen and oxygen atoms in total. The molecule has 6 heteroatoms. The van der Waals surface area contributed by atoms with E-state index >= 15 is 0 Å². The fourth-order valence-electron chi connectivity index (χ4n) is 2.66. The molecule has 1 aromatic heterocycles. The second kappa shape index (κ2) is 7.72. The minimum Gasteiger partial charge on any atom is -0.367 e. The van der Waals surface area contributed by atoms with Gasteiger partial charge in [0, 0.05) is 7.11 Å². The summed E-state index contributed by atoms with van der Waals surface area (Å²) in [4.78, 5) is 12.6. The third-order valence-corrected chi connectivity index (χ3v) is 4.02. The number of nitrogens with zero attached hydrogens (tertiary/aromatic N) is 3. The lowest BCUT2D eigenvalue weighted by atomic mass is 10.1. The van der Waals surface area contributed by atoms with Crippen molar-refractivity contribution in [1.29, 1.82) is 0 Å². The monoisotopic (exact) mass is 336 g/mol. The molecule has 2 atom stereocenters. The summed E-state index contributed by atoms with van der Waals surface area (Å²) in [6.07, 6.45) is 2.78. The Labute approximate surface area is 146 Å². The van der Waals surface area contributed by atoms with Gasteiger partial charge in [-0.25, -0.2) is 4.68 Å². The van der Waals surface area contributed by atoms with E-state index in [0.29, 0.717) is 0 Å². The Morgan fingerprint density at radius 2 is 1.80 bits per heavy atom. The number of aromatic nitrogens is 3. The maximum absolute atomic E-state index is 12.6. The van der Waals surface area contributed by atoms with Gasteiger partial charge in [0.25, 0.3) is 5.91 Å². The van der Waals surface area contributed by atoms with Crippen LogP contribution in [0.5, 0.6) is 0 Å². The number of rotatable bonds is 6. The van der Waals surface area contributed by atoms with Crippen molar-refractivity contribution in [3.8, 4) is 5.69 Å². The van der Waals surface area contributed by atoms with Crippen molar-refractivity contribution in [3.05, 3.63) is 78.1 Å². The molecule has 0 aliphatic carbocycles. The van der Waals surface area contributed by atoms with Gasteiger partial charge < -0.3 is 10.1 Å². The number of benzene rings is 2. The van der Waals surface area contributed by atoms with Crippen molar-refractivity contribution in [2.45, 2.75) is 19.1 Å². The fraction of sp³-hybridized carbons (Fsp3) is 0.211. The van der Waals surface area contributed by atoms with Gasteiger partial charge in [0.1, 0.15) is 0 Å².